The first kappa shape index (κ1) is 13.6. The predicted molar refractivity (Wildman–Crippen MR) is 69.7 cm³/mol. The van der Waals surface area contributed by atoms with Crippen molar-refractivity contribution in [3.8, 4) is 0 Å². The van der Waals surface area contributed by atoms with Gasteiger partial charge in [-0.1, -0.05) is 25.5 Å². The Morgan fingerprint density at radius 1 is 1.24 bits per heavy atom. The Kier molecular flexibility index (Phi) is 6.15. The number of benzene rings is 1. The minimum absolute atomic E-state index is 0.0890. The van der Waals surface area contributed by atoms with Crippen molar-refractivity contribution in [2.45, 2.75) is 39.0 Å². The van der Waals surface area contributed by atoms with Crippen LogP contribution in [0.4, 0.5) is 5.69 Å². The van der Waals surface area contributed by atoms with E-state index >= 15 is 0 Å². The van der Waals surface area contributed by atoms with Crippen LogP contribution in [0.25, 0.3) is 0 Å². The number of unbranched alkanes of at least 4 members (excludes halogenated alkanes) is 1. The van der Waals surface area contributed by atoms with Crippen molar-refractivity contribution in [3.05, 3.63) is 29.8 Å². The molecular weight excluding hydrogens is 214 g/mol. The maximum Gasteiger partial charge on any atom is 0.305 e. The molecule has 0 aromatic heterocycles. The van der Waals surface area contributed by atoms with Gasteiger partial charge in [-0.25, -0.2) is 0 Å². The number of carbonyl (C=O) groups excluding carboxylic acids is 1. The van der Waals surface area contributed by atoms with Crippen LogP contribution in [0.3, 0.4) is 0 Å². The zero-order valence-electron chi connectivity index (χ0n) is 10.4. The highest BCUT2D eigenvalue weighted by Crippen LogP contribution is 2.09. The Morgan fingerprint density at radius 2 is 1.94 bits per heavy atom. The molecule has 2 N–H and O–H groups in total. The second-order valence-electron chi connectivity index (χ2n) is 4.17. The highest BCUT2D eigenvalue weighted by atomic mass is 16.5. The quantitative estimate of drug-likeness (QED) is 0.449. The smallest absolute Gasteiger partial charge is 0.305 e. The van der Waals surface area contributed by atoms with Crippen molar-refractivity contribution in [3.63, 3.8) is 0 Å². The van der Waals surface area contributed by atoms with Crippen molar-refractivity contribution in [1.82, 2.24) is 0 Å². The molecule has 0 aliphatic rings. The molecule has 0 saturated carbocycles. The first-order valence-corrected chi connectivity index (χ1v) is 6.22. The first-order valence-electron chi connectivity index (χ1n) is 6.22. The van der Waals surface area contributed by atoms with Crippen LogP contribution in [-0.2, 0) is 16.0 Å². The molecule has 94 valence electrons. The molecule has 0 amide bonds. The van der Waals surface area contributed by atoms with Crippen LogP contribution >= 0.6 is 0 Å². The van der Waals surface area contributed by atoms with E-state index in [0.29, 0.717) is 13.0 Å². The van der Waals surface area contributed by atoms with E-state index in [0.717, 1.165) is 31.4 Å². The second kappa shape index (κ2) is 7.71. The number of nitrogens with two attached hydrogens (primary N) is 1. The molecule has 1 aromatic rings. The molecule has 3 heteroatoms. The molecular formula is C14H21NO2. The van der Waals surface area contributed by atoms with E-state index in [1.54, 1.807) is 0 Å². The van der Waals surface area contributed by atoms with Crippen LogP contribution in [0.5, 0.6) is 0 Å². The number of esters is 1. The molecule has 0 saturated heterocycles. The molecule has 1 aromatic carbocycles. The molecule has 0 atom stereocenters. The molecule has 1 rings (SSSR count). The number of aryl methyl sites for hydroxylation is 1. The highest BCUT2D eigenvalue weighted by Gasteiger charge is 2.02. The van der Waals surface area contributed by atoms with E-state index in [2.05, 4.69) is 6.92 Å². The average Bonchev–Trinajstić information content (AvgIpc) is 2.32. The van der Waals surface area contributed by atoms with Crippen LogP contribution in [-0.4, -0.2) is 12.6 Å². The summed E-state index contributed by atoms with van der Waals surface area (Å²) in [5.41, 5.74) is 7.58. The summed E-state index contributed by atoms with van der Waals surface area (Å²) in [4.78, 5) is 11.3. The van der Waals surface area contributed by atoms with Gasteiger partial charge in [-0.15, -0.1) is 0 Å². The third-order valence-corrected chi connectivity index (χ3v) is 2.59. The Morgan fingerprint density at radius 3 is 2.59 bits per heavy atom. The van der Waals surface area contributed by atoms with E-state index in [-0.39, 0.29) is 5.97 Å². The fourth-order valence-electron chi connectivity index (χ4n) is 1.52. The molecule has 0 bridgehead atoms. The number of hydrogen-bond donors (Lipinski definition) is 1. The van der Waals surface area contributed by atoms with Crippen LogP contribution in [0.15, 0.2) is 24.3 Å². The fraction of sp³-hybridized carbons (Fsp3) is 0.500. The van der Waals surface area contributed by atoms with Gasteiger partial charge in [0, 0.05) is 12.1 Å². The van der Waals surface area contributed by atoms with E-state index in [9.17, 15) is 4.79 Å². The monoisotopic (exact) mass is 235 g/mol. The lowest BCUT2D eigenvalue weighted by Gasteiger charge is -2.04. The van der Waals surface area contributed by atoms with Crippen molar-refractivity contribution < 1.29 is 9.53 Å². The predicted octanol–water partition coefficient (Wildman–Crippen LogP) is 2.93. The van der Waals surface area contributed by atoms with Gasteiger partial charge in [0.15, 0.2) is 0 Å². The van der Waals surface area contributed by atoms with Gasteiger partial charge in [0.05, 0.1) is 6.61 Å². The maximum atomic E-state index is 11.3. The Balaban J connectivity index is 2.14. The zero-order valence-corrected chi connectivity index (χ0v) is 10.4. The number of carbonyl (C=O) groups is 1. The summed E-state index contributed by atoms with van der Waals surface area (Å²) in [5, 5.41) is 0. The van der Waals surface area contributed by atoms with Crippen molar-refractivity contribution in [1.29, 1.82) is 0 Å². The van der Waals surface area contributed by atoms with Crippen molar-refractivity contribution in [2.75, 3.05) is 12.3 Å². The Hall–Kier alpha value is -1.51. The standard InChI is InChI=1S/C14H21NO2/c1-2-3-11-17-14(16)6-4-5-12-7-9-13(15)10-8-12/h7-10H,2-6,11,15H2,1H3. The number of hydrogen-bond acceptors (Lipinski definition) is 3. The Labute approximate surface area is 103 Å². The summed E-state index contributed by atoms with van der Waals surface area (Å²) in [5.74, 6) is -0.0890. The Bertz CT molecular complexity index is 333. The third-order valence-electron chi connectivity index (χ3n) is 2.59. The lowest BCUT2D eigenvalue weighted by molar-refractivity contribution is -0.143. The van der Waals surface area contributed by atoms with Crippen molar-refractivity contribution >= 4 is 11.7 Å². The van der Waals surface area contributed by atoms with Crippen LogP contribution in [0.2, 0.25) is 0 Å². The maximum absolute atomic E-state index is 11.3. The normalized spacial score (nSPS) is 10.2. The summed E-state index contributed by atoms with van der Waals surface area (Å²) in [6.07, 6.45) is 4.22. The second-order valence-corrected chi connectivity index (χ2v) is 4.17. The van der Waals surface area contributed by atoms with Crippen LogP contribution in [0, 0.1) is 0 Å². The van der Waals surface area contributed by atoms with Gasteiger partial charge in [0.2, 0.25) is 0 Å². The first-order chi connectivity index (χ1) is 8.22. The van der Waals surface area contributed by atoms with E-state index < -0.39 is 0 Å². The van der Waals surface area contributed by atoms with Gasteiger partial charge in [-0.05, 0) is 37.0 Å². The molecule has 0 spiro atoms. The summed E-state index contributed by atoms with van der Waals surface area (Å²) >= 11 is 0. The molecule has 0 heterocycles. The summed E-state index contributed by atoms with van der Waals surface area (Å²) in [6, 6.07) is 7.76. The summed E-state index contributed by atoms with van der Waals surface area (Å²) < 4.78 is 5.08. The average molecular weight is 235 g/mol. The zero-order chi connectivity index (χ0) is 12.5. The fourth-order valence-corrected chi connectivity index (χ4v) is 1.52. The lowest BCUT2D eigenvalue weighted by Crippen LogP contribution is -2.05. The molecule has 3 nitrogen and oxygen atoms in total. The van der Waals surface area contributed by atoms with Gasteiger partial charge < -0.3 is 10.5 Å². The van der Waals surface area contributed by atoms with Gasteiger partial charge in [0.1, 0.15) is 0 Å². The molecule has 0 aliphatic carbocycles. The molecule has 0 radical (unpaired) electrons. The minimum Gasteiger partial charge on any atom is -0.466 e. The van der Waals surface area contributed by atoms with Crippen LogP contribution < -0.4 is 5.73 Å². The van der Waals surface area contributed by atoms with Gasteiger partial charge in [-0.3, -0.25) is 4.79 Å². The van der Waals surface area contributed by atoms with Crippen LogP contribution in [0.1, 0.15) is 38.2 Å². The SMILES string of the molecule is CCCCOC(=O)CCCc1ccc(N)cc1. The van der Waals surface area contributed by atoms with Crippen molar-refractivity contribution in [2.24, 2.45) is 0 Å². The van der Waals surface area contributed by atoms with E-state index in [4.69, 9.17) is 10.5 Å². The minimum atomic E-state index is -0.0890. The van der Waals surface area contributed by atoms with E-state index in [1.807, 2.05) is 24.3 Å². The van der Waals surface area contributed by atoms with Gasteiger partial charge in [0.25, 0.3) is 0 Å². The number of ether oxygens (including phenoxy) is 1. The van der Waals surface area contributed by atoms with E-state index in [1.165, 1.54) is 5.56 Å². The molecule has 17 heavy (non-hydrogen) atoms. The molecule has 0 aliphatic heterocycles. The summed E-state index contributed by atoms with van der Waals surface area (Å²) in [6.45, 7) is 2.63. The third kappa shape index (κ3) is 5.95. The topological polar surface area (TPSA) is 52.3 Å². The molecule has 0 unspecified atom stereocenters. The van der Waals surface area contributed by atoms with Gasteiger partial charge in [-0.2, -0.15) is 0 Å². The number of anilines is 1. The number of rotatable bonds is 7. The largest absolute Gasteiger partial charge is 0.466 e. The number of nitrogen functional groups attached to an aromatic ring is 1. The highest BCUT2D eigenvalue weighted by molar-refractivity contribution is 5.69. The summed E-state index contributed by atoms with van der Waals surface area (Å²) in [7, 11) is 0. The lowest BCUT2D eigenvalue weighted by atomic mass is 10.1. The van der Waals surface area contributed by atoms with Gasteiger partial charge >= 0.3 is 5.97 Å². The molecule has 0 fully saturated rings.